The molecule has 1 heterocycles. The van der Waals surface area contributed by atoms with Crippen LogP contribution in [0.3, 0.4) is 0 Å². The first-order valence-corrected chi connectivity index (χ1v) is 6.04. The summed E-state index contributed by atoms with van der Waals surface area (Å²) in [5, 5.41) is 11.5. The summed E-state index contributed by atoms with van der Waals surface area (Å²) in [6.07, 6.45) is 1.07. The van der Waals surface area contributed by atoms with Gasteiger partial charge in [-0.2, -0.15) is 0 Å². The molecule has 1 aromatic rings. The zero-order valence-corrected chi connectivity index (χ0v) is 11.4. The van der Waals surface area contributed by atoms with Crippen molar-refractivity contribution in [2.75, 3.05) is 7.11 Å². The number of rotatable bonds is 6. The highest BCUT2D eigenvalue weighted by Crippen LogP contribution is 2.06. The lowest BCUT2D eigenvalue weighted by atomic mass is 10.1. The van der Waals surface area contributed by atoms with Crippen molar-refractivity contribution < 1.29 is 24.2 Å². The highest BCUT2D eigenvalue weighted by Gasteiger charge is 2.22. The normalized spacial score (nSPS) is 11.5. The average molecular weight is 301 g/mol. The lowest BCUT2D eigenvalue weighted by molar-refractivity contribution is -0.142. The molecule has 1 atom stereocenters. The Kier molecular flexibility index (Phi) is 5.92. The molecule has 0 saturated carbocycles. The third kappa shape index (κ3) is 4.85. The number of hydrogen-bond donors (Lipinski definition) is 2. The fourth-order valence-corrected chi connectivity index (χ4v) is 1.49. The Morgan fingerprint density at radius 2 is 2.15 bits per heavy atom. The minimum atomic E-state index is -1.23. The lowest BCUT2D eigenvalue weighted by Gasteiger charge is -2.13. The fraction of sp³-hybridized carbons (Fsp3) is 0.333. The number of carbonyl (C=O) groups is 3. The van der Waals surface area contributed by atoms with E-state index in [0.29, 0.717) is 0 Å². The van der Waals surface area contributed by atoms with E-state index in [0.717, 1.165) is 0 Å². The van der Waals surface area contributed by atoms with Gasteiger partial charge in [-0.25, -0.2) is 9.78 Å². The molecule has 0 aliphatic heterocycles. The summed E-state index contributed by atoms with van der Waals surface area (Å²) in [5.41, 5.74) is 0.179. The van der Waals surface area contributed by atoms with Crippen LogP contribution in [0.5, 0.6) is 0 Å². The Bertz CT molecular complexity index is 503. The van der Waals surface area contributed by atoms with Crippen molar-refractivity contribution in [1.29, 1.82) is 0 Å². The first-order chi connectivity index (χ1) is 9.43. The average Bonchev–Trinajstić information content (AvgIpc) is 2.43. The number of carboxylic acid groups (broad SMARTS) is 1. The van der Waals surface area contributed by atoms with Crippen LogP contribution in [-0.2, 0) is 14.3 Å². The van der Waals surface area contributed by atoms with Gasteiger partial charge in [0.2, 0.25) is 0 Å². The molecule has 0 aromatic carbocycles. The summed E-state index contributed by atoms with van der Waals surface area (Å²) >= 11 is 5.58. The van der Waals surface area contributed by atoms with Crippen LogP contribution < -0.4 is 5.32 Å². The number of nitrogens with zero attached hydrogens (tertiary/aromatic N) is 1. The van der Waals surface area contributed by atoms with E-state index in [9.17, 15) is 14.4 Å². The number of hydrogen-bond acceptors (Lipinski definition) is 5. The molecule has 0 spiro atoms. The minimum absolute atomic E-state index is 0.0607. The molecule has 108 valence electrons. The Morgan fingerprint density at radius 3 is 2.65 bits per heavy atom. The molecular weight excluding hydrogens is 288 g/mol. The first-order valence-electron chi connectivity index (χ1n) is 5.66. The topological polar surface area (TPSA) is 106 Å². The molecule has 1 rings (SSSR count). The number of pyridine rings is 1. The largest absolute Gasteiger partial charge is 0.480 e. The Hall–Kier alpha value is -2.15. The quantitative estimate of drug-likeness (QED) is 0.596. The van der Waals surface area contributed by atoms with Crippen LogP contribution in [0.2, 0.25) is 5.15 Å². The third-order valence-corrected chi connectivity index (χ3v) is 2.68. The molecule has 2 N–H and O–H groups in total. The number of carbonyl (C=O) groups excluding carboxylic acids is 2. The predicted octanol–water partition coefficient (Wildman–Crippen LogP) is 0.871. The monoisotopic (exact) mass is 300 g/mol. The molecule has 0 aliphatic carbocycles. The van der Waals surface area contributed by atoms with E-state index >= 15 is 0 Å². The smallest absolute Gasteiger partial charge is 0.326 e. The number of ether oxygens (including phenoxy) is 1. The number of aromatic nitrogens is 1. The van der Waals surface area contributed by atoms with E-state index in [2.05, 4.69) is 15.0 Å². The van der Waals surface area contributed by atoms with Crippen LogP contribution in [-0.4, -0.2) is 41.1 Å². The SMILES string of the molecule is COC(=O)CC[C@@H](NC(=O)c1ccc(Cl)nc1)C(=O)O. The van der Waals surface area contributed by atoms with Gasteiger partial charge in [0.15, 0.2) is 0 Å². The standard InChI is InChI=1S/C12H13ClN2O5/c1-20-10(16)5-3-8(12(18)19)15-11(17)7-2-4-9(13)14-6-7/h2,4,6,8H,3,5H2,1H3,(H,15,17)(H,18,19)/t8-/m1/s1. The number of aliphatic carboxylic acids is 1. The summed E-state index contributed by atoms with van der Waals surface area (Å²) < 4.78 is 4.41. The van der Waals surface area contributed by atoms with Crippen LogP contribution >= 0.6 is 11.6 Å². The van der Waals surface area contributed by atoms with E-state index in [1.807, 2.05) is 0 Å². The number of nitrogens with one attached hydrogen (secondary N) is 1. The van der Waals surface area contributed by atoms with Gasteiger partial charge >= 0.3 is 11.9 Å². The third-order valence-electron chi connectivity index (χ3n) is 2.46. The fourth-order valence-electron chi connectivity index (χ4n) is 1.37. The molecule has 0 unspecified atom stereocenters. The van der Waals surface area contributed by atoms with Crippen molar-refractivity contribution >= 4 is 29.4 Å². The highest BCUT2D eigenvalue weighted by atomic mass is 35.5. The lowest BCUT2D eigenvalue weighted by Crippen LogP contribution is -2.41. The summed E-state index contributed by atoms with van der Waals surface area (Å²) in [4.78, 5) is 37.5. The second-order valence-corrected chi connectivity index (χ2v) is 4.24. The van der Waals surface area contributed by atoms with Crippen molar-refractivity contribution in [3.05, 3.63) is 29.0 Å². The molecule has 1 aromatic heterocycles. The molecule has 0 radical (unpaired) electrons. The van der Waals surface area contributed by atoms with Crippen molar-refractivity contribution in [1.82, 2.24) is 10.3 Å². The van der Waals surface area contributed by atoms with E-state index in [-0.39, 0.29) is 23.6 Å². The van der Waals surface area contributed by atoms with Gasteiger partial charge in [-0.15, -0.1) is 0 Å². The molecule has 7 nitrogen and oxygen atoms in total. The van der Waals surface area contributed by atoms with Crippen molar-refractivity contribution in [2.24, 2.45) is 0 Å². The van der Waals surface area contributed by atoms with Crippen LogP contribution in [0.1, 0.15) is 23.2 Å². The molecule has 20 heavy (non-hydrogen) atoms. The first kappa shape index (κ1) is 15.9. The zero-order valence-electron chi connectivity index (χ0n) is 10.6. The van der Waals surface area contributed by atoms with Gasteiger partial charge in [0.05, 0.1) is 12.7 Å². The molecule has 1 amide bonds. The second-order valence-electron chi connectivity index (χ2n) is 3.85. The molecule has 0 bridgehead atoms. The second kappa shape index (κ2) is 7.44. The van der Waals surface area contributed by atoms with E-state index in [4.69, 9.17) is 16.7 Å². The molecule has 8 heteroatoms. The highest BCUT2D eigenvalue weighted by molar-refractivity contribution is 6.29. The molecular formula is C12H13ClN2O5. The zero-order chi connectivity index (χ0) is 15.1. The van der Waals surface area contributed by atoms with Crippen molar-refractivity contribution in [3.8, 4) is 0 Å². The number of methoxy groups -OCH3 is 1. The predicted molar refractivity (Wildman–Crippen MR) is 69.4 cm³/mol. The van der Waals surface area contributed by atoms with E-state index in [1.165, 1.54) is 25.4 Å². The summed E-state index contributed by atoms with van der Waals surface area (Å²) in [6.45, 7) is 0. The number of esters is 1. The van der Waals surface area contributed by atoms with Gasteiger partial charge in [0.1, 0.15) is 11.2 Å². The van der Waals surface area contributed by atoms with Crippen molar-refractivity contribution in [3.63, 3.8) is 0 Å². The van der Waals surface area contributed by atoms with Gasteiger partial charge in [0, 0.05) is 12.6 Å². The maximum Gasteiger partial charge on any atom is 0.326 e. The van der Waals surface area contributed by atoms with Crippen molar-refractivity contribution in [2.45, 2.75) is 18.9 Å². The van der Waals surface area contributed by atoms with Crippen LogP contribution in [0.15, 0.2) is 18.3 Å². The maximum atomic E-state index is 11.8. The van der Waals surface area contributed by atoms with Gasteiger partial charge in [-0.05, 0) is 18.6 Å². The number of amides is 1. The van der Waals surface area contributed by atoms with E-state index < -0.39 is 23.9 Å². The summed E-state index contributed by atoms with van der Waals surface area (Å²) in [5.74, 6) is -2.38. The molecule has 0 saturated heterocycles. The minimum Gasteiger partial charge on any atom is -0.480 e. The number of halogens is 1. The van der Waals surface area contributed by atoms with Gasteiger partial charge < -0.3 is 15.2 Å². The van der Waals surface area contributed by atoms with Crippen LogP contribution in [0.4, 0.5) is 0 Å². The summed E-state index contributed by atoms with van der Waals surface area (Å²) in [6, 6.07) is 1.65. The van der Waals surface area contributed by atoms with E-state index in [1.54, 1.807) is 0 Å². The van der Waals surface area contributed by atoms with Crippen LogP contribution in [0, 0.1) is 0 Å². The Labute approximate surface area is 119 Å². The molecule has 0 fully saturated rings. The van der Waals surface area contributed by atoms with Crippen LogP contribution in [0.25, 0.3) is 0 Å². The Morgan fingerprint density at radius 1 is 1.45 bits per heavy atom. The van der Waals surface area contributed by atoms with Gasteiger partial charge in [-0.1, -0.05) is 11.6 Å². The number of carboxylic acids is 1. The maximum absolute atomic E-state index is 11.8. The van der Waals surface area contributed by atoms with Gasteiger partial charge in [0.25, 0.3) is 5.91 Å². The van der Waals surface area contributed by atoms with Gasteiger partial charge in [-0.3, -0.25) is 9.59 Å². The Balaban J connectivity index is 2.65. The molecule has 0 aliphatic rings. The summed E-state index contributed by atoms with van der Waals surface area (Å²) in [7, 11) is 1.20.